The van der Waals surface area contributed by atoms with E-state index in [1.165, 1.54) is 186 Å². The fourth-order valence-corrected chi connectivity index (χ4v) is 24.6. The van der Waals surface area contributed by atoms with Crippen LogP contribution in [0.3, 0.4) is 0 Å². The molecule has 4 heterocycles. The first-order valence-corrected chi connectivity index (χ1v) is 36.4. The predicted molar refractivity (Wildman–Crippen MR) is 351 cm³/mol. The molecular formula is C75H97ClN5O4S2+. The van der Waals surface area contributed by atoms with E-state index >= 15 is 0 Å². The summed E-state index contributed by atoms with van der Waals surface area (Å²) in [6.07, 6.45) is 37.9. The maximum atomic E-state index is 10.1. The predicted octanol–water partition coefficient (Wildman–Crippen LogP) is 17.2. The summed E-state index contributed by atoms with van der Waals surface area (Å²) in [6, 6.07) is 26.4. The third-order valence-electron chi connectivity index (χ3n) is 24.5. The number of thiophene rings is 2. The molecule has 16 aliphatic carbocycles. The summed E-state index contributed by atoms with van der Waals surface area (Å²) in [7, 11) is 0. The van der Waals surface area contributed by atoms with Crippen LogP contribution in [0.2, 0.25) is 5.02 Å². The lowest BCUT2D eigenvalue weighted by atomic mass is 9.53. The van der Waals surface area contributed by atoms with Crippen molar-refractivity contribution in [3.63, 3.8) is 0 Å². The Morgan fingerprint density at radius 3 is 1.41 bits per heavy atom. The summed E-state index contributed by atoms with van der Waals surface area (Å²) < 4.78 is 7.21. The van der Waals surface area contributed by atoms with E-state index < -0.39 is 0 Å². The van der Waals surface area contributed by atoms with Crippen LogP contribution in [0, 0.1) is 84.9 Å². The summed E-state index contributed by atoms with van der Waals surface area (Å²) in [5.41, 5.74) is 6.92. The number of aromatic nitrogens is 1. The highest BCUT2D eigenvalue weighted by Gasteiger charge is 2.54. The molecule has 16 fully saturated rings. The van der Waals surface area contributed by atoms with Crippen molar-refractivity contribution in [2.24, 2.45) is 71.0 Å². The van der Waals surface area contributed by atoms with Gasteiger partial charge < -0.3 is 35.9 Å². The van der Waals surface area contributed by atoms with Gasteiger partial charge in [0, 0.05) is 90.5 Å². The van der Waals surface area contributed by atoms with Crippen molar-refractivity contribution < 1.29 is 24.6 Å². The zero-order valence-electron chi connectivity index (χ0n) is 51.9. The number of benzene rings is 2. The number of pyridine rings is 1. The van der Waals surface area contributed by atoms with Crippen LogP contribution < -0.4 is 26.0 Å². The highest BCUT2D eigenvalue weighted by atomic mass is 35.5. The second-order valence-corrected chi connectivity index (χ2v) is 34.1. The van der Waals surface area contributed by atoms with Gasteiger partial charge in [-0.1, -0.05) is 23.7 Å². The third-order valence-corrected chi connectivity index (χ3v) is 27.0. The molecule has 0 amide bonds. The molecule has 22 rings (SSSR count). The Hall–Kier alpha value is -4.20. The van der Waals surface area contributed by atoms with Gasteiger partial charge in [0.2, 0.25) is 12.4 Å². The number of hydrogen-bond acceptors (Lipinski definition) is 10. The van der Waals surface area contributed by atoms with E-state index in [9.17, 15) is 15.4 Å². The van der Waals surface area contributed by atoms with Gasteiger partial charge in [0.1, 0.15) is 23.0 Å². The quantitative estimate of drug-likeness (QED) is 0.0425. The van der Waals surface area contributed by atoms with Crippen LogP contribution in [0.25, 0.3) is 21.1 Å². The fraction of sp³-hybridized carbons (Fsp3) is 0.613. The summed E-state index contributed by atoms with van der Waals surface area (Å²) in [5.74, 6) is 14.0. The minimum absolute atomic E-state index is 0.142. The van der Waals surface area contributed by atoms with Gasteiger partial charge in [0.25, 0.3) is 0 Å². The van der Waals surface area contributed by atoms with E-state index in [0.29, 0.717) is 28.7 Å². The van der Waals surface area contributed by atoms with Crippen LogP contribution >= 0.6 is 34.3 Å². The summed E-state index contributed by atoms with van der Waals surface area (Å²) in [4.78, 5) is 4.34. The number of phenols is 2. The Morgan fingerprint density at radius 1 is 0.506 bits per heavy atom. The maximum absolute atomic E-state index is 10.1. The van der Waals surface area contributed by atoms with E-state index in [4.69, 9.17) is 16.0 Å². The van der Waals surface area contributed by atoms with Crippen LogP contribution in [0.1, 0.15) is 187 Å². The second kappa shape index (κ2) is 24.1. The molecule has 0 atom stereocenters. The molecule has 16 bridgehead atoms. The number of nitrogens with one attached hydrogen (secondary N) is 4. The van der Waals surface area contributed by atoms with Gasteiger partial charge in [-0.15, -0.1) is 22.7 Å². The number of nitrogens with zero attached hydrogens (tertiary/aromatic N) is 1. The zero-order chi connectivity index (χ0) is 59.1. The van der Waals surface area contributed by atoms with Crippen molar-refractivity contribution in [3.05, 3.63) is 135 Å². The van der Waals surface area contributed by atoms with Crippen molar-refractivity contribution in [3.8, 4) is 32.6 Å². The number of furan rings is 1. The smallest absolute Gasteiger partial charge is 0.222 e. The average Bonchev–Trinajstić information content (AvgIpc) is 1.63. The van der Waals surface area contributed by atoms with Gasteiger partial charge >= 0.3 is 0 Å². The van der Waals surface area contributed by atoms with Crippen molar-refractivity contribution in [1.29, 1.82) is 0 Å². The largest absolute Gasteiger partial charge is 0.508 e. The number of aromatic hydroxyl groups is 2. The fourth-order valence-electron chi connectivity index (χ4n) is 22.5. The second-order valence-electron chi connectivity index (χ2n) is 31.5. The molecular weight excluding hydrogens is 1130 g/mol. The van der Waals surface area contributed by atoms with Gasteiger partial charge in [-0.25, -0.2) is 0 Å². The third kappa shape index (κ3) is 13.0. The normalized spacial score (nSPS) is 36.3. The highest BCUT2D eigenvalue weighted by Crippen LogP contribution is 2.59. The average molecular weight is 1230 g/mol. The number of phenolic OH excluding ortho intramolecular Hbond substituents is 2. The van der Waals surface area contributed by atoms with E-state index in [1.807, 2.05) is 59.9 Å². The molecule has 16 saturated carbocycles. The summed E-state index contributed by atoms with van der Waals surface area (Å²) >= 11 is 10.2. The Kier molecular flexibility index (Phi) is 16.4. The lowest BCUT2D eigenvalue weighted by Gasteiger charge is -2.57. The standard InChI is InChI=1S/C22H26ClNO.C19H23NS2.C18H25NO2.C16H23N2O/c1-14-2-4-19(20(23)6-14)21-5-3-18(25-21)13-24-22-10-15-7-16(11-22)9-17(8-15)12-22;1-2-17(21-5-1)18-4-3-16(22-18)12-20-19-9-13-6-14(10-19)8-15(7-13)11-19;1-11-2-15(20)6-17(21)16(11)10-19-18-7-12-3-13(8-18)5-14(4-12)9-18;19-18-3-1-12(2-4-18)11-17-16-8-13-5-14(9-16)7-15(6-13)10-16/h2-6,15-17,24H,7-13H2,1H3;1-5,13-15,20H,6-12H2;2,6,12-14,19-21H,3-5,7-10H2,1H3;1-4,13-15,17,19H,5-11H2/q;;;+1. The molecule has 12 heteroatoms. The van der Waals surface area contributed by atoms with Crippen LogP contribution in [0.5, 0.6) is 11.5 Å². The first-order valence-electron chi connectivity index (χ1n) is 34.3. The monoisotopic (exact) mass is 1230 g/mol. The molecule has 0 unspecified atom stereocenters. The number of hydrogen-bond donors (Lipinski definition) is 7. The minimum atomic E-state index is 0.142. The van der Waals surface area contributed by atoms with E-state index in [-0.39, 0.29) is 11.5 Å². The van der Waals surface area contributed by atoms with Gasteiger partial charge in [-0.2, -0.15) is 0 Å². The molecule has 87 heavy (non-hydrogen) atoms. The maximum Gasteiger partial charge on any atom is 0.222 e. The number of rotatable bonds is 14. The van der Waals surface area contributed by atoms with Crippen molar-refractivity contribution >= 4 is 34.3 Å². The first-order chi connectivity index (χ1) is 42.1. The summed E-state index contributed by atoms with van der Waals surface area (Å²) in [6.45, 7) is 7.56. The van der Waals surface area contributed by atoms with Gasteiger partial charge in [0.05, 0.1) is 11.6 Å². The highest BCUT2D eigenvalue weighted by molar-refractivity contribution is 7.21. The molecule has 0 aliphatic heterocycles. The molecule has 0 radical (unpaired) electrons. The molecule has 7 N–H and O–H groups in total. The van der Waals surface area contributed by atoms with Gasteiger partial charge in [-0.3, -0.25) is 5.21 Å². The van der Waals surface area contributed by atoms with Gasteiger partial charge in [-0.05, 0) is 310 Å². The van der Waals surface area contributed by atoms with Crippen LogP contribution in [-0.4, -0.2) is 37.6 Å². The molecule has 2 aromatic carbocycles. The molecule has 6 aromatic rings. The Balaban J connectivity index is 0.0000000982. The lowest BCUT2D eigenvalue weighted by molar-refractivity contribution is -0.904. The Labute approximate surface area is 531 Å². The van der Waals surface area contributed by atoms with Crippen molar-refractivity contribution in [2.45, 2.75) is 216 Å². The SMILES string of the molecule is Cc1cc(O)cc(O)c1CNC12CC3CC(CC(C3)C1)C2.Cc1ccc(-c2ccc(CNC34CC5CC(CC(C5)C3)C4)o2)c(Cl)c1.O[n+]1ccc(CNC23CC4CC(CC(C4)C2)C3)cc1.c1csc(-c2ccc(CNC34CC5CC(CC(C5)C3)C4)s2)c1. The topological polar surface area (TPSA) is 126 Å². The lowest BCUT2D eigenvalue weighted by Crippen LogP contribution is -2.58. The van der Waals surface area contributed by atoms with E-state index in [0.717, 1.165) is 129 Å². The van der Waals surface area contributed by atoms with Crippen molar-refractivity contribution in [1.82, 2.24) is 21.3 Å². The Morgan fingerprint density at radius 2 is 0.966 bits per heavy atom. The Bertz CT molecular complexity index is 3200. The minimum Gasteiger partial charge on any atom is -0.508 e. The molecule has 4 aromatic heterocycles. The molecule has 464 valence electrons. The molecule has 0 saturated heterocycles. The molecule has 9 nitrogen and oxygen atoms in total. The van der Waals surface area contributed by atoms with Crippen LogP contribution in [0.4, 0.5) is 0 Å². The van der Waals surface area contributed by atoms with Crippen LogP contribution in [0.15, 0.2) is 101 Å². The number of aryl methyl sites for hydroxylation is 2. The molecule has 16 aliphatic rings. The van der Waals surface area contributed by atoms with E-state index in [1.54, 1.807) is 18.5 Å². The zero-order valence-corrected chi connectivity index (χ0v) is 54.2. The number of halogens is 1. The summed E-state index contributed by atoms with van der Waals surface area (Å²) in [5, 5.41) is 47.4. The van der Waals surface area contributed by atoms with E-state index in [2.05, 4.69) is 70.0 Å². The molecule has 0 spiro atoms. The first kappa shape index (κ1) is 59.1. The van der Waals surface area contributed by atoms with Crippen molar-refractivity contribution in [2.75, 3.05) is 0 Å². The van der Waals surface area contributed by atoms with Crippen LogP contribution in [-0.2, 0) is 26.2 Å². The van der Waals surface area contributed by atoms with Gasteiger partial charge in [0.15, 0.2) is 0 Å².